The van der Waals surface area contributed by atoms with E-state index in [4.69, 9.17) is 4.52 Å². The monoisotopic (exact) mass is 216 g/mol. The fourth-order valence-corrected chi connectivity index (χ4v) is 2.01. The quantitative estimate of drug-likeness (QED) is 0.843. The zero-order valence-electron chi connectivity index (χ0n) is 8.81. The maximum Gasteiger partial charge on any atom is 0.133 e. The summed E-state index contributed by atoms with van der Waals surface area (Å²) in [5.74, 6) is 0.936. The summed E-state index contributed by atoms with van der Waals surface area (Å²) >= 11 is 0. The Morgan fingerprint density at radius 2 is 2.31 bits per heavy atom. The summed E-state index contributed by atoms with van der Waals surface area (Å²) in [4.78, 5) is 8.55. The zero-order chi connectivity index (χ0) is 10.8. The van der Waals surface area contributed by atoms with Crippen LogP contribution in [0.4, 0.5) is 5.82 Å². The average Bonchev–Trinajstić information content (AvgIpc) is 2.97. The molecule has 16 heavy (non-hydrogen) atoms. The van der Waals surface area contributed by atoms with Crippen molar-refractivity contribution in [3.8, 4) is 0 Å². The molecule has 0 saturated heterocycles. The maximum atomic E-state index is 4.77. The Morgan fingerprint density at radius 1 is 1.31 bits per heavy atom. The standard InChI is InChI=1S/C11H12N4O/c1-2-9-10(3-1)13-7-14-11(9)12-6-8-4-5-16-15-8/h4-5,7H,1-3,6H2,(H,12,13,14). The van der Waals surface area contributed by atoms with Crippen molar-refractivity contribution in [2.75, 3.05) is 5.32 Å². The SMILES string of the molecule is c1nc2c(c(NCc3ccon3)n1)CCC2. The molecule has 2 aromatic heterocycles. The Kier molecular flexibility index (Phi) is 2.29. The van der Waals surface area contributed by atoms with E-state index in [0.717, 1.165) is 24.4 Å². The van der Waals surface area contributed by atoms with Crippen LogP contribution in [0.5, 0.6) is 0 Å². The van der Waals surface area contributed by atoms with Gasteiger partial charge in [0.25, 0.3) is 0 Å². The highest BCUT2D eigenvalue weighted by Gasteiger charge is 2.16. The molecule has 0 fully saturated rings. The maximum absolute atomic E-state index is 4.77. The van der Waals surface area contributed by atoms with Gasteiger partial charge in [0.2, 0.25) is 0 Å². The van der Waals surface area contributed by atoms with E-state index in [1.165, 1.54) is 17.7 Å². The summed E-state index contributed by atoms with van der Waals surface area (Å²) < 4.78 is 4.77. The Balaban J connectivity index is 1.78. The molecule has 3 rings (SSSR count). The number of aromatic nitrogens is 3. The van der Waals surface area contributed by atoms with E-state index in [1.54, 1.807) is 12.6 Å². The van der Waals surface area contributed by atoms with Gasteiger partial charge in [-0.1, -0.05) is 5.16 Å². The van der Waals surface area contributed by atoms with E-state index in [1.807, 2.05) is 6.07 Å². The molecule has 0 spiro atoms. The Bertz CT molecular complexity index is 481. The molecule has 1 aliphatic carbocycles. The molecule has 2 aromatic rings. The molecule has 0 amide bonds. The van der Waals surface area contributed by atoms with E-state index >= 15 is 0 Å². The fourth-order valence-electron chi connectivity index (χ4n) is 2.01. The van der Waals surface area contributed by atoms with Gasteiger partial charge in [-0.15, -0.1) is 0 Å². The van der Waals surface area contributed by atoms with Crippen LogP contribution in [0.2, 0.25) is 0 Å². The molecule has 0 atom stereocenters. The molecule has 0 radical (unpaired) electrons. The van der Waals surface area contributed by atoms with Crippen molar-refractivity contribution in [3.63, 3.8) is 0 Å². The van der Waals surface area contributed by atoms with Gasteiger partial charge in [-0.3, -0.25) is 0 Å². The van der Waals surface area contributed by atoms with Gasteiger partial charge in [-0.25, -0.2) is 9.97 Å². The second kappa shape index (κ2) is 3.92. The van der Waals surface area contributed by atoms with E-state index < -0.39 is 0 Å². The van der Waals surface area contributed by atoms with E-state index in [-0.39, 0.29) is 0 Å². The van der Waals surface area contributed by atoms with Gasteiger partial charge < -0.3 is 9.84 Å². The molecule has 0 saturated carbocycles. The third-order valence-corrected chi connectivity index (χ3v) is 2.80. The summed E-state index contributed by atoms with van der Waals surface area (Å²) in [6.07, 6.45) is 6.50. The summed E-state index contributed by atoms with van der Waals surface area (Å²) in [5, 5.41) is 7.12. The summed E-state index contributed by atoms with van der Waals surface area (Å²) in [6.45, 7) is 0.639. The number of anilines is 1. The zero-order valence-corrected chi connectivity index (χ0v) is 8.81. The number of rotatable bonds is 3. The van der Waals surface area contributed by atoms with Crippen molar-refractivity contribution in [2.45, 2.75) is 25.8 Å². The minimum atomic E-state index is 0.639. The number of fused-ring (bicyclic) bond motifs is 1. The predicted molar refractivity (Wildman–Crippen MR) is 57.9 cm³/mol. The minimum Gasteiger partial charge on any atom is -0.364 e. The van der Waals surface area contributed by atoms with Crippen LogP contribution < -0.4 is 5.32 Å². The van der Waals surface area contributed by atoms with Crippen LogP contribution in [0.1, 0.15) is 23.4 Å². The lowest BCUT2D eigenvalue weighted by atomic mass is 10.2. The van der Waals surface area contributed by atoms with Crippen molar-refractivity contribution in [2.24, 2.45) is 0 Å². The van der Waals surface area contributed by atoms with E-state index in [0.29, 0.717) is 6.54 Å². The molecule has 0 unspecified atom stereocenters. The predicted octanol–water partition coefficient (Wildman–Crippen LogP) is 1.57. The van der Waals surface area contributed by atoms with Crippen LogP contribution in [-0.4, -0.2) is 15.1 Å². The number of hydrogen-bond donors (Lipinski definition) is 1. The molecule has 5 heteroatoms. The Hall–Kier alpha value is -1.91. The molecule has 0 aromatic carbocycles. The summed E-state index contributed by atoms with van der Waals surface area (Å²) in [6, 6.07) is 1.84. The molecule has 5 nitrogen and oxygen atoms in total. The van der Waals surface area contributed by atoms with Crippen molar-refractivity contribution in [3.05, 3.63) is 35.6 Å². The highest BCUT2D eigenvalue weighted by molar-refractivity contribution is 5.47. The number of nitrogens with zero attached hydrogens (tertiary/aromatic N) is 3. The van der Waals surface area contributed by atoms with Crippen LogP contribution in [0.15, 0.2) is 23.2 Å². The third-order valence-electron chi connectivity index (χ3n) is 2.80. The van der Waals surface area contributed by atoms with Crippen LogP contribution >= 0.6 is 0 Å². The van der Waals surface area contributed by atoms with Crippen molar-refractivity contribution in [1.82, 2.24) is 15.1 Å². The van der Waals surface area contributed by atoms with E-state index in [2.05, 4.69) is 20.4 Å². The third kappa shape index (κ3) is 1.64. The molecule has 1 N–H and O–H groups in total. The average molecular weight is 216 g/mol. The molecule has 0 bridgehead atoms. The summed E-state index contributed by atoms with van der Waals surface area (Å²) in [5.41, 5.74) is 3.31. The number of aryl methyl sites for hydroxylation is 1. The van der Waals surface area contributed by atoms with Gasteiger partial charge >= 0.3 is 0 Å². The highest BCUT2D eigenvalue weighted by atomic mass is 16.5. The lowest BCUT2D eigenvalue weighted by molar-refractivity contribution is 0.412. The molecular weight excluding hydrogens is 204 g/mol. The van der Waals surface area contributed by atoms with Crippen molar-refractivity contribution in [1.29, 1.82) is 0 Å². The highest BCUT2D eigenvalue weighted by Crippen LogP contribution is 2.25. The van der Waals surface area contributed by atoms with Crippen LogP contribution in [0.3, 0.4) is 0 Å². The van der Waals surface area contributed by atoms with Crippen LogP contribution in [-0.2, 0) is 19.4 Å². The first-order chi connectivity index (χ1) is 7.93. The molecule has 0 aliphatic heterocycles. The normalized spacial score (nSPS) is 13.8. The fraction of sp³-hybridized carbons (Fsp3) is 0.364. The van der Waals surface area contributed by atoms with Gasteiger partial charge in [-0.05, 0) is 19.3 Å². The van der Waals surface area contributed by atoms with Gasteiger partial charge in [0.05, 0.1) is 6.54 Å². The molecule has 1 aliphatic rings. The van der Waals surface area contributed by atoms with Crippen LogP contribution in [0, 0.1) is 0 Å². The van der Waals surface area contributed by atoms with Gasteiger partial charge in [0.1, 0.15) is 24.1 Å². The van der Waals surface area contributed by atoms with Gasteiger partial charge in [-0.2, -0.15) is 0 Å². The number of hydrogen-bond acceptors (Lipinski definition) is 5. The van der Waals surface area contributed by atoms with Gasteiger partial charge in [0.15, 0.2) is 0 Å². The Morgan fingerprint density at radius 3 is 3.19 bits per heavy atom. The summed E-state index contributed by atoms with van der Waals surface area (Å²) in [7, 11) is 0. The first-order valence-corrected chi connectivity index (χ1v) is 5.39. The first kappa shape index (κ1) is 9.33. The van der Waals surface area contributed by atoms with Crippen LogP contribution in [0.25, 0.3) is 0 Å². The lowest BCUT2D eigenvalue weighted by Gasteiger charge is -2.07. The first-order valence-electron chi connectivity index (χ1n) is 5.39. The lowest BCUT2D eigenvalue weighted by Crippen LogP contribution is -2.05. The smallest absolute Gasteiger partial charge is 0.133 e. The van der Waals surface area contributed by atoms with Crippen molar-refractivity contribution >= 4 is 5.82 Å². The number of nitrogens with one attached hydrogen (secondary N) is 1. The Labute approximate surface area is 92.9 Å². The molecule has 82 valence electrons. The van der Waals surface area contributed by atoms with Crippen molar-refractivity contribution < 1.29 is 4.52 Å². The van der Waals surface area contributed by atoms with E-state index in [9.17, 15) is 0 Å². The largest absolute Gasteiger partial charge is 0.364 e. The topological polar surface area (TPSA) is 63.8 Å². The molecular formula is C11H12N4O. The minimum absolute atomic E-state index is 0.639. The second-order valence-electron chi connectivity index (χ2n) is 3.85. The molecule has 2 heterocycles. The second-order valence-corrected chi connectivity index (χ2v) is 3.85. The van der Waals surface area contributed by atoms with Gasteiger partial charge in [0, 0.05) is 17.3 Å².